The molecule has 0 aromatic carbocycles. The van der Waals surface area contributed by atoms with E-state index in [1.54, 1.807) is 0 Å². The van der Waals surface area contributed by atoms with Gasteiger partial charge in [0.2, 0.25) is 5.91 Å². The van der Waals surface area contributed by atoms with Gasteiger partial charge in [0, 0.05) is 19.6 Å². The molecule has 1 amide bonds. The number of carbonyl (C=O) groups excluding carboxylic acids is 1. The van der Waals surface area contributed by atoms with E-state index in [-0.39, 0.29) is 25.4 Å². The van der Waals surface area contributed by atoms with E-state index >= 15 is 0 Å². The van der Waals surface area contributed by atoms with Crippen molar-refractivity contribution in [2.24, 2.45) is 0 Å². The van der Waals surface area contributed by atoms with Gasteiger partial charge in [-0.05, 0) is 6.42 Å². The lowest BCUT2D eigenvalue weighted by Crippen LogP contribution is -2.25. The van der Waals surface area contributed by atoms with Crippen molar-refractivity contribution in [3.8, 4) is 0 Å². The van der Waals surface area contributed by atoms with E-state index in [0.717, 1.165) is 0 Å². The highest BCUT2D eigenvalue weighted by Gasteiger charge is 2.03. The number of aliphatic hydroxyl groups is 1. The fraction of sp³-hybridized carbons (Fsp3) is 0.846. The molecule has 0 aromatic heterocycles. The van der Waals surface area contributed by atoms with Crippen LogP contribution in [0.25, 0.3) is 0 Å². The summed E-state index contributed by atoms with van der Waals surface area (Å²) in [6, 6.07) is 0. The lowest BCUT2D eigenvalue weighted by atomic mass is 10.3. The Hall–Kier alpha value is -1.22. The predicted molar refractivity (Wildman–Crippen MR) is 74.0 cm³/mol. The Balaban J connectivity index is 3.12. The number of aliphatic carboxylic acids is 1. The second kappa shape index (κ2) is 15.2. The van der Waals surface area contributed by atoms with Gasteiger partial charge in [-0.25, -0.2) is 0 Å². The van der Waals surface area contributed by atoms with Gasteiger partial charge < -0.3 is 29.7 Å². The van der Waals surface area contributed by atoms with Gasteiger partial charge in [0.15, 0.2) is 0 Å². The first-order chi connectivity index (χ1) is 10.2. The van der Waals surface area contributed by atoms with Crippen LogP contribution < -0.4 is 5.32 Å². The standard InChI is InChI=1S/C13H25NO7/c15-5-7-20-9-11-21-10-8-19-6-1-4-14-12(16)2-3-13(17)18/h15H,1-11H2,(H,14,16)(H,17,18). The van der Waals surface area contributed by atoms with Crippen molar-refractivity contribution in [2.45, 2.75) is 19.3 Å². The van der Waals surface area contributed by atoms with E-state index in [1.807, 2.05) is 0 Å². The van der Waals surface area contributed by atoms with Crippen LogP contribution in [0.2, 0.25) is 0 Å². The zero-order valence-electron chi connectivity index (χ0n) is 12.2. The van der Waals surface area contributed by atoms with E-state index in [4.69, 9.17) is 24.4 Å². The summed E-state index contributed by atoms with van der Waals surface area (Å²) in [5, 5.41) is 19.5. The van der Waals surface area contributed by atoms with Crippen molar-refractivity contribution < 1.29 is 34.0 Å². The second-order valence-electron chi connectivity index (χ2n) is 4.16. The molecule has 0 saturated heterocycles. The quantitative estimate of drug-likeness (QED) is 0.346. The minimum atomic E-state index is -0.977. The molecule has 3 N–H and O–H groups in total. The van der Waals surface area contributed by atoms with Gasteiger partial charge >= 0.3 is 5.97 Å². The molecule has 0 saturated carbocycles. The molecule has 8 nitrogen and oxygen atoms in total. The van der Waals surface area contributed by atoms with E-state index in [0.29, 0.717) is 52.6 Å². The molecule has 0 aliphatic carbocycles. The fourth-order valence-corrected chi connectivity index (χ4v) is 1.32. The smallest absolute Gasteiger partial charge is 0.303 e. The third-order valence-corrected chi connectivity index (χ3v) is 2.33. The Morgan fingerprint density at radius 3 is 2.00 bits per heavy atom. The number of carbonyl (C=O) groups is 2. The molecule has 0 aliphatic rings. The predicted octanol–water partition coefficient (Wildman–Crippen LogP) is -0.600. The molecule has 0 aromatic rings. The maximum Gasteiger partial charge on any atom is 0.303 e. The highest BCUT2D eigenvalue weighted by molar-refractivity contribution is 5.80. The summed E-state index contributed by atoms with van der Waals surface area (Å²) in [7, 11) is 0. The molecule has 8 heteroatoms. The Bertz CT molecular complexity index is 273. The van der Waals surface area contributed by atoms with Gasteiger partial charge in [-0.15, -0.1) is 0 Å². The summed E-state index contributed by atoms with van der Waals surface area (Å²) < 4.78 is 15.5. The molecular formula is C13H25NO7. The number of ether oxygens (including phenoxy) is 3. The van der Waals surface area contributed by atoms with Gasteiger partial charge in [-0.3, -0.25) is 9.59 Å². The number of carboxylic acids is 1. The molecule has 0 unspecified atom stereocenters. The SMILES string of the molecule is O=C(O)CCC(=O)NCCCOCCOCCOCCO. The van der Waals surface area contributed by atoms with Crippen LogP contribution in [0, 0.1) is 0 Å². The summed E-state index contributed by atoms with van der Waals surface area (Å²) >= 11 is 0. The molecule has 21 heavy (non-hydrogen) atoms. The molecule has 0 fully saturated rings. The Labute approximate surface area is 124 Å². The maximum atomic E-state index is 11.2. The van der Waals surface area contributed by atoms with Gasteiger partial charge in [0.25, 0.3) is 0 Å². The number of hydrogen-bond donors (Lipinski definition) is 3. The monoisotopic (exact) mass is 307 g/mol. The average Bonchev–Trinajstić information content (AvgIpc) is 2.46. The molecule has 0 aliphatic heterocycles. The third kappa shape index (κ3) is 16.7. The van der Waals surface area contributed by atoms with Gasteiger partial charge in [-0.2, -0.15) is 0 Å². The number of carboxylic acid groups (broad SMARTS) is 1. The van der Waals surface area contributed by atoms with Crippen molar-refractivity contribution in [1.82, 2.24) is 5.32 Å². The number of rotatable bonds is 15. The maximum absolute atomic E-state index is 11.2. The summed E-state index contributed by atoms with van der Waals surface area (Å²) in [6.07, 6.45) is 0.516. The lowest BCUT2D eigenvalue weighted by Gasteiger charge is -2.07. The van der Waals surface area contributed by atoms with Gasteiger partial charge in [0.05, 0.1) is 46.1 Å². The van der Waals surface area contributed by atoms with Gasteiger partial charge in [0.1, 0.15) is 0 Å². The summed E-state index contributed by atoms with van der Waals surface area (Å²) in [6.45, 7) is 3.14. The van der Waals surface area contributed by atoms with Crippen LogP contribution in [0.4, 0.5) is 0 Å². The van der Waals surface area contributed by atoms with Crippen LogP contribution in [0.5, 0.6) is 0 Å². The van der Waals surface area contributed by atoms with Crippen molar-refractivity contribution in [1.29, 1.82) is 0 Å². The van der Waals surface area contributed by atoms with E-state index in [1.165, 1.54) is 0 Å². The van der Waals surface area contributed by atoms with Crippen LogP contribution in [-0.4, -0.2) is 74.9 Å². The second-order valence-corrected chi connectivity index (χ2v) is 4.16. The highest BCUT2D eigenvalue weighted by Crippen LogP contribution is 1.89. The normalized spacial score (nSPS) is 10.5. The van der Waals surface area contributed by atoms with Crippen molar-refractivity contribution in [2.75, 3.05) is 52.8 Å². The Morgan fingerprint density at radius 2 is 1.43 bits per heavy atom. The van der Waals surface area contributed by atoms with Crippen LogP contribution >= 0.6 is 0 Å². The van der Waals surface area contributed by atoms with Crippen LogP contribution in [0.1, 0.15) is 19.3 Å². The fourth-order valence-electron chi connectivity index (χ4n) is 1.32. The zero-order chi connectivity index (χ0) is 15.8. The summed E-state index contributed by atoms with van der Waals surface area (Å²) in [5.74, 6) is -1.24. The zero-order valence-corrected chi connectivity index (χ0v) is 12.2. The topological polar surface area (TPSA) is 114 Å². The van der Waals surface area contributed by atoms with E-state index < -0.39 is 5.97 Å². The highest BCUT2D eigenvalue weighted by atomic mass is 16.5. The molecule has 0 bridgehead atoms. The first-order valence-corrected chi connectivity index (χ1v) is 6.99. The third-order valence-electron chi connectivity index (χ3n) is 2.33. The first kappa shape index (κ1) is 19.8. The average molecular weight is 307 g/mol. The van der Waals surface area contributed by atoms with E-state index in [9.17, 15) is 9.59 Å². The number of nitrogens with one attached hydrogen (secondary N) is 1. The molecule has 0 spiro atoms. The number of aliphatic hydroxyl groups excluding tert-OH is 1. The largest absolute Gasteiger partial charge is 0.481 e. The van der Waals surface area contributed by atoms with Gasteiger partial charge in [-0.1, -0.05) is 0 Å². The molecule has 0 radical (unpaired) electrons. The van der Waals surface area contributed by atoms with E-state index in [2.05, 4.69) is 5.32 Å². The van der Waals surface area contributed by atoms with Crippen LogP contribution in [0.3, 0.4) is 0 Å². The molecule has 0 rings (SSSR count). The lowest BCUT2D eigenvalue weighted by molar-refractivity contribution is -0.138. The van der Waals surface area contributed by atoms with Crippen molar-refractivity contribution in [3.63, 3.8) is 0 Å². The minimum Gasteiger partial charge on any atom is -0.481 e. The number of amides is 1. The Morgan fingerprint density at radius 1 is 0.857 bits per heavy atom. The summed E-state index contributed by atoms with van der Waals surface area (Å²) in [5.41, 5.74) is 0. The molecule has 124 valence electrons. The molecule has 0 heterocycles. The minimum absolute atomic E-state index is 0.00236. The summed E-state index contributed by atoms with van der Waals surface area (Å²) in [4.78, 5) is 21.4. The van der Waals surface area contributed by atoms with Crippen molar-refractivity contribution >= 4 is 11.9 Å². The number of hydrogen-bond acceptors (Lipinski definition) is 6. The molecule has 0 atom stereocenters. The van der Waals surface area contributed by atoms with Crippen molar-refractivity contribution in [3.05, 3.63) is 0 Å². The molecular weight excluding hydrogens is 282 g/mol. The van der Waals surface area contributed by atoms with Crippen LogP contribution in [-0.2, 0) is 23.8 Å². The first-order valence-electron chi connectivity index (χ1n) is 6.99. The van der Waals surface area contributed by atoms with Crippen LogP contribution in [0.15, 0.2) is 0 Å². The Kier molecular flexibility index (Phi) is 14.3.